The van der Waals surface area contributed by atoms with Crippen LogP contribution in [0.25, 0.3) is 0 Å². The highest BCUT2D eigenvalue weighted by molar-refractivity contribution is 5.54. The van der Waals surface area contributed by atoms with Crippen molar-refractivity contribution in [3.05, 3.63) is 29.8 Å². The summed E-state index contributed by atoms with van der Waals surface area (Å²) in [5.74, 6) is 0.481. The first-order valence-corrected chi connectivity index (χ1v) is 6.96. The summed E-state index contributed by atoms with van der Waals surface area (Å²) in [6.45, 7) is 5.53. The third kappa shape index (κ3) is 3.44. The van der Waals surface area contributed by atoms with Crippen LogP contribution < -0.4 is 10.2 Å². The van der Waals surface area contributed by atoms with Crippen molar-refractivity contribution in [2.24, 2.45) is 5.92 Å². The highest BCUT2D eigenvalue weighted by Gasteiger charge is 2.25. The molecule has 0 saturated carbocycles. The maximum absolute atomic E-state index is 12.8. The summed E-state index contributed by atoms with van der Waals surface area (Å²) < 4.78 is 25.6. The summed E-state index contributed by atoms with van der Waals surface area (Å²) in [6, 6.07) is 8.10. The minimum atomic E-state index is -2.30. The third-order valence-corrected chi connectivity index (χ3v) is 3.99. The average molecular weight is 268 g/mol. The van der Waals surface area contributed by atoms with Gasteiger partial charge in [-0.2, -0.15) is 0 Å². The van der Waals surface area contributed by atoms with Gasteiger partial charge in [0.15, 0.2) is 0 Å². The molecule has 0 aliphatic carbocycles. The zero-order valence-electron chi connectivity index (χ0n) is 11.6. The molecule has 1 aliphatic rings. The van der Waals surface area contributed by atoms with Crippen molar-refractivity contribution in [3.63, 3.8) is 0 Å². The van der Waals surface area contributed by atoms with Crippen LogP contribution in [0.15, 0.2) is 24.3 Å². The minimum Gasteiger partial charge on any atom is -0.364 e. The van der Waals surface area contributed by atoms with Crippen molar-refractivity contribution >= 4 is 5.69 Å². The van der Waals surface area contributed by atoms with Crippen LogP contribution in [-0.4, -0.2) is 25.6 Å². The van der Waals surface area contributed by atoms with E-state index >= 15 is 0 Å². The number of rotatable bonds is 4. The van der Waals surface area contributed by atoms with Crippen molar-refractivity contribution < 1.29 is 8.78 Å². The molecule has 2 nitrogen and oxygen atoms in total. The standard InChI is InChI=1S/C15H22F2N2/c1-3-11(2)13-9-19(10-15(16)17)14-7-5-4-6-12(14)8-18-13/h4-7,11,13,15,18H,3,8-10H2,1-2H3. The van der Waals surface area contributed by atoms with Gasteiger partial charge in [-0.25, -0.2) is 8.78 Å². The molecule has 0 bridgehead atoms. The molecule has 0 amide bonds. The van der Waals surface area contributed by atoms with Crippen LogP contribution in [0.2, 0.25) is 0 Å². The number of nitrogens with one attached hydrogen (secondary N) is 1. The molecule has 106 valence electrons. The van der Waals surface area contributed by atoms with Crippen LogP contribution in [0.4, 0.5) is 14.5 Å². The fraction of sp³-hybridized carbons (Fsp3) is 0.600. The zero-order valence-corrected chi connectivity index (χ0v) is 11.6. The zero-order chi connectivity index (χ0) is 13.8. The number of benzene rings is 1. The molecule has 2 rings (SSSR count). The van der Waals surface area contributed by atoms with Crippen molar-refractivity contribution in [2.75, 3.05) is 18.0 Å². The Bertz CT molecular complexity index is 409. The third-order valence-electron chi connectivity index (χ3n) is 3.99. The van der Waals surface area contributed by atoms with E-state index in [4.69, 9.17) is 0 Å². The number of alkyl halides is 2. The van der Waals surface area contributed by atoms with Gasteiger partial charge in [-0.05, 0) is 17.5 Å². The molecule has 0 spiro atoms. The number of hydrogen-bond donors (Lipinski definition) is 1. The van der Waals surface area contributed by atoms with E-state index in [2.05, 4.69) is 19.2 Å². The van der Waals surface area contributed by atoms with Crippen molar-refractivity contribution in [2.45, 2.75) is 39.3 Å². The highest BCUT2D eigenvalue weighted by Crippen LogP contribution is 2.26. The second-order valence-corrected chi connectivity index (χ2v) is 5.30. The summed E-state index contributed by atoms with van der Waals surface area (Å²) in [6.07, 6.45) is -1.25. The first kappa shape index (κ1) is 14.3. The van der Waals surface area contributed by atoms with E-state index in [1.165, 1.54) is 0 Å². The number of halogens is 2. The van der Waals surface area contributed by atoms with E-state index in [1.54, 1.807) is 0 Å². The molecular formula is C15H22F2N2. The van der Waals surface area contributed by atoms with Gasteiger partial charge in [-0.15, -0.1) is 0 Å². The lowest BCUT2D eigenvalue weighted by Crippen LogP contribution is -2.43. The second-order valence-electron chi connectivity index (χ2n) is 5.30. The molecule has 0 radical (unpaired) electrons. The molecule has 4 heteroatoms. The maximum Gasteiger partial charge on any atom is 0.255 e. The number of nitrogens with zero attached hydrogens (tertiary/aromatic N) is 1. The number of hydrogen-bond acceptors (Lipinski definition) is 2. The number of anilines is 1. The van der Waals surface area contributed by atoms with Crippen molar-refractivity contribution in [3.8, 4) is 0 Å². The van der Waals surface area contributed by atoms with E-state index < -0.39 is 6.43 Å². The van der Waals surface area contributed by atoms with Gasteiger partial charge in [0.05, 0.1) is 6.54 Å². The minimum absolute atomic E-state index is 0.189. The van der Waals surface area contributed by atoms with Gasteiger partial charge in [-0.3, -0.25) is 0 Å². The van der Waals surface area contributed by atoms with Gasteiger partial charge in [0.25, 0.3) is 6.43 Å². The van der Waals surface area contributed by atoms with Crippen LogP contribution in [0.5, 0.6) is 0 Å². The van der Waals surface area contributed by atoms with Gasteiger partial charge in [0, 0.05) is 24.8 Å². The molecule has 19 heavy (non-hydrogen) atoms. The van der Waals surface area contributed by atoms with Gasteiger partial charge < -0.3 is 10.2 Å². The average Bonchev–Trinajstić information content (AvgIpc) is 2.58. The Morgan fingerprint density at radius 3 is 2.79 bits per heavy atom. The second kappa shape index (κ2) is 6.33. The molecule has 1 heterocycles. The summed E-state index contributed by atoms with van der Waals surface area (Å²) in [4.78, 5) is 1.83. The van der Waals surface area contributed by atoms with E-state index in [9.17, 15) is 8.78 Å². The lowest BCUT2D eigenvalue weighted by Gasteiger charge is -2.30. The van der Waals surface area contributed by atoms with Crippen molar-refractivity contribution in [1.29, 1.82) is 0 Å². The van der Waals surface area contributed by atoms with Crippen LogP contribution in [-0.2, 0) is 6.54 Å². The monoisotopic (exact) mass is 268 g/mol. The molecule has 1 aliphatic heterocycles. The lowest BCUT2D eigenvalue weighted by atomic mass is 9.99. The van der Waals surface area contributed by atoms with E-state index in [0.29, 0.717) is 12.5 Å². The van der Waals surface area contributed by atoms with Crippen LogP contribution in [0, 0.1) is 5.92 Å². The number of fused-ring (bicyclic) bond motifs is 1. The van der Waals surface area contributed by atoms with Gasteiger partial charge in [-0.1, -0.05) is 38.5 Å². The smallest absolute Gasteiger partial charge is 0.255 e. The summed E-state index contributed by atoms with van der Waals surface area (Å²) >= 11 is 0. The first-order valence-electron chi connectivity index (χ1n) is 6.96. The van der Waals surface area contributed by atoms with Gasteiger partial charge >= 0.3 is 0 Å². The SMILES string of the molecule is CCC(C)C1CN(CC(F)F)c2ccccc2CN1. The Hall–Kier alpha value is -1.16. The largest absolute Gasteiger partial charge is 0.364 e. The van der Waals surface area contributed by atoms with E-state index in [-0.39, 0.29) is 12.6 Å². The molecule has 0 fully saturated rings. The Labute approximate surface area is 113 Å². The summed E-state index contributed by atoms with van der Waals surface area (Å²) in [5, 5.41) is 3.51. The molecular weight excluding hydrogens is 246 g/mol. The maximum atomic E-state index is 12.8. The van der Waals surface area contributed by atoms with Crippen molar-refractivity contribution in [1.82, 2.24) is 5.32 Å². The first-order chi connectivity index (χ1) is 9.11. The topological polar surface area (TPSA) is 15.3 Å². The molecule has 0 aromatic heterocycles. The molecule has 2 atom stereocenters. The van der Waals surface area contributed by atoms with Crippen LogP contribution >= 0.6 is 0 Å². The summed E-state index contributed by atoms with van der Waals surface area (Å²) in [5.41, 5.74) is 2.05. The predicted molar refractivity (Wildman–Crippen MR) is 74.7 cm³/mol. The molecule has 1 aromatic carbocycles. The lowest BCUT2D eigenvalue weighted by molar-refractivity contribution is 0.153. The molecule has 2 unspecified atom stereocenters. The molecule has 0 saturated heterocycles. The fourth-order valence-corrected chi connectivity index (χ4v) is 2.62. The Morgan fingerprint density at radius 1 is 1.37 bits per heavy atom. The van der Waals surface area contributed by atoms with Gasteiger partial charge in [0.1, 0.15) is 0 Å². The predicted octanol–water partition coefficient (Wildman–Crippen LogP) is 3.28. The number of para-hydroxylation sites is 1. The Balaban J connectivity index is 2.24. The molecule has 1 aromatic rings. The Kier molecular flexibility index (Phi) is 4.75. The summed E-state index contributed by atoms with van der Waals surface area (Å²) in [7, 11) is 0. The van der Waals surface area contributed by atoms with Crippen LogP contribution in [0.3, 0.4) is 0 Å². The molecule has 1 N–H and O–H groups in total. The van der Waals surface area contributed by atoms with E-state index in [1.807, 2.05) is 29.2 Å². The fourth-order valence-electron chi connectivity index (χ4n) is 2.62. The van der Waals surface area contributed by atoms with E-state index in [0.717, 1.165) is 24.2 Å². The Morgan fingerprint density at radius 2 is 2.11 bits per heavy atom. The highest BCUT2D eigenvalue weighted by atomic mass is 19.3. The quantitative estimate of drug-likeness (QED) is 0.901. The normalized spacial score (nSPS) is 21.1. The van der Waals surface area contributed by atoms with Crippen LogP contribution in [0.1, 0.15) is 25.8 Å². The van der Waals surface area contributed by atoms with Gasteiger partial charge in [0.2, 0.25) is 0 Å².